The quantitative estimate of drug-likeness (QED) is 0.693. The lowest BCUT2D eigenvalue weighted by Crippen LogP contribution is -2.07. The number of aryl methyl sites for hydroxylation is 1. The lowest BCUT2D eigenvalue weighted by Gasteiger charge is -2.00. The zero-order valence-corrected chi connectivity index (χ0v) is 13.1. The molecule has 0 aliphatic rings. The standard InChI is InChI=1S/C18H17N3O2/c1-3-23-18(22)17-16(14-7-5-4-6-8-14)19-21(20-17)15-11-9-13(2)10-12-15/h4-12H,3H2,1-2H3. The third-order valence-corrected chi connectivity index (χ3v) is 3.39. The van der Waals surface area contributed by atoms with Crippen molar-refractivity contribution in [3.63, 3.8) is 0 Å². The average molecular weight is 307 g/mol. The third kappa shape index (κ3) is 3.13. The van der Waals surface area contributed by atoms with Crippen molar-refractivity contribution in [1.82, 2.24) is 15.0 Å². The highest BCUT2D eigenvalue weighted by atomic mass is 16.5. The molecule has 0 bridgehead atoms. The molecule has 5 nitrogen and oxygen atoms in total. The van der Waals surface area contributed by atoms with Crippen LogP contribution in [0.1, 0.15) is 23.0 Å². The molecule has 0 N–H and O–H groups in total. The van der Waals surface area contributed by atoms with Crippen LogP contribution >= 0.6 is 0 Å². The number of carbonyl (C=O) groups excluding carboxylic acids is 1. The topological polar surface area (TPSA) is 57.0 Å². The van der Waals surface area contributed by atoms with Crippen molar-refractivity contribution in [2.75, 3.05) is 6.61 Å². The summed E-state index contributed by atoms with van der Waals surface area (Å²) in [4.78, 5) is 13.7. The van der Waals surface area contributed by atoms with Gasteiger partial charge in [0.1, 0.15) is 5.69 Å². The second-order valence-corrected chi connectivity index (χ2v) is 5.11. The van der Waals surface area contributed by atoms with Crippen LogP contribution in [0.15, 0.2) is 54.6 Å². The van der Waals surface area contributed by atoms with Gasteiger partial charge in [0.25, 0.3) is 0 Å². The van der Waals surface area contributed by atoms with Crippen LogP contribution in [0.4, 0.5) is 0 Å². The first-order chi connectivity index (χ1) is 11.2. The molecule has 3 rings (SSSR count). The molecule has 0 fully saturated rings. The Morgan fingerprint density at radius 1 is 1.04 bits per heavy atom. The van der Waals surface area contributed by atoms with Crippen LogP contribution in [0, 0.1) is 6.92 Å². The van der Waals surface area contributed by atoms with Crippen LogP contribution in [0.5, 0.6) is 0 Å². The lowest BCUT2D eigenvalue weighted by molar-refractivity contribution is 0.0520. The fourth-order valence-corrected chi connectivity index (χ4v) is 2.23. The largest absolute Gasteiger partial charge is 0.461 e. The van der Waals surface area contributed by atoms with Gasteiger partial charge < -0.3 is 4.74 Å². The summed E-state index contributed by atoms with van der Waals surface area (Å²) in [6, 6.07) is 17.3. The summed E-state index contributed by atoms with van der Waals surface area (Å²) >= 11 is 0. The normalized spacial score (nSPS) is 10.5. The van der Waals surface area contributed by atoms with Crippen LogP contribution in [0.25, 0.3) is 16.9 Å². The van der Waals surface area contributed by atoms with E-state index in [1.807, 2.05) is 61.5 Å². The zero-order valence-electron chi connectivity index (χ0n) is 13.1. The molecule has 2 aromatic carbocycles. The van der Waals surface area contributed by atoms with Crippen molar-refractivity contribution < 1.29 is 9.53 Å². The molecule has 0 radical (unpaired) electrons. The molecule has 1 aromatic heterocycles. The maximum Gasteiger partial charge on any atom is 0.361 e. The van der Waals surface area contributed by atoms with Crippen LogP contribution in [0.3, 0.4) is 0 Å². The minimum Gasteiger partial charge on any atom is -0.461 e. The van der Waals surface area contributed by atoms with Gasteiger partial charge in [-0.15, -0.1) is 10.2 Å². The molecule has 0 spiro atoms. The van der Waals surface area contributed by atoms with Crippen molar-refractivity contribution in [2.45, 2.75) is 13.8 Å². The highest BCUT2D eigenvalue weighted by Crippen LogP contribution is 2.22. The Morgan fingerprint density at radius 3 is 2.39 bits per heavy atom. The molecule has 0 saturated carbocycles. The summed E-state index contributed by atoms with van der Waals surface area (Å²) in [5.74, 6) is -0.468. The number of nitrogens with zero attached hydrogens (tertiary/aromatic N) is 3. The van der Waals surface area contributed by atoms with Crippen LogP contribution in [-0.2, 0) is 4.74 Å². The van der Waals surface area contributed by atoms with Crippen molar-refractivity contribution in [3.05, 3.63) is 65.9 Å². The minimum absolute atomic E-state index is 0.221. The van der Waals surface area contributed by atoms with E-state index in [4.69, 9.17) is 4.74 Å². The van der Waals surface area contributed by atoms with Gasteiger partial charge >= 0.3 is 5.97 Å². The molecule has 23 heavy (non-hydrogen) atoms. The summed E-state index contributed by atoms with van der Waals surface area (Å²) < 4.78 is 5.10. The van der Waals surface area contributed by atoms with E-state index in [0.29, 0.717) is 12.3 Å². The van der Waals surface area contributed by atoms with Gasteiger partial charge in [0.15, 0.2) is 5.69 Å². The number of carbonyl (C=O) groups is 1. The highest BCUT2D eigenvalue weighted by Gasteiger charge is 2.21. The van der Waals surface area contributed by atoms with Gasteiger partial charge in [-0.25, -0.2) is 4.79 Å². The molecule has 0 unspecified atom stereocenters. The van der Waals surface area contributed by atoms with Crippen molar-refractivity contribution >= 4 is 5.97 Å². The molecule has 116 valence electrons. The summed E-state index contributed by atoms with van der Waals surface area (Å²) in [5, 5.41) is 8.82. The van der Waals surface area contributed by atoms with Crippen LogP contribution in [-0.4, -0.2) is 27.6 Å². The number of aromatic nitrogens is 3. The van der Waals surface area contributed by atoms with E-state index >= 15 is 0 Å². The first kappa shape index (κ1) is 15.0. The summed E-state index contributed by atoms with van der Waals surface area (Å²) in [6.07, 6.45) is 0. The van der Waals surface area contributed by atoms with Gasteiger partial charge in [-0.3, -0.25) is 0 Å². The maximum atomic E-state index is 12.2. The van der Waals surface area contributed by atoms with E-state index in [1.165, 1.54) is 4.80 Å². The Bertz CT molecular complexity index is 808. The molecule has 0 saturated heterocycles. The monoisotopic (exact) mass is 307 g/mol. The van der Waals surface area contributed by atoms with Gasteiger partial charge in [-0.2, -0.15) is 4.80 Å². The summed E-state index contributed by atoms with van der Waals surface area (Å²) in [5.41, 5.74) is 3.51. The van der Waals surface area contributed by atoms with Crippen molar-refractivity contribution in [3.8, 4) is 16.9 Å². The Balaban J connectivity index is 2.10. The number of esters is 1. The zero-order chi connectivity index (χ0) is 16.2. The third-order valence-electron chi connectivity index (χ3n) is 3.39. The Kier molecular flexibility index (Phi) is 4.19. The lowest BCUT2D eigenvalue weighted by atomic mass is 10.1. The number of rotatable bonds is 4. The van der Waals surface area contributed by atoms with E-state index in [-0.39, 0.29) is 5.69 Å². The van der Waals surface area contributed by atoms with Gasteiger partial charge in [-0.1, -0.05) is 48.0 Å². The fraction of sp³-hybridized carbons (Fsp3) is 0.167. The first-order valence-corrected chi connectivity index (χ1v) is 7.46. The predicted molar refractivity (Wildman–Crippen MR) is 87.5 cm³/mol. The Hall–Kier alpha value is -2.95. The predicted octanol–water partition coefficient (Wildman–Crippen LogP) is 3.42. The Morgan fingerprint density at radius 2 is 1.74 bits per heavy atom. The maximum absolute atomic E-state index is 12.2. The molecular formula is C18H17N3O2. The summed E-state index contributed by atoms with van der Waals surface area (Å²) in [6.45, 7) is 4.08. The first-order valence-electron chi connectivity index (χ1n) is 7.46. The molecule has 5 heteroatoms. The minimum atomic E-state index is -0.468. The molecule has 0 aliphatic carbocycles. The highest BCUT2D eigenvalue weighted by molar-refractivity contribution is 5.94. The summed E-state index contributed by atoms with van der Waals surface area (Å²) in [7, 11) is 0. The SMILES string of the molecule is CCOC(=O)c1nn(-c2ccc(C)cc2)nc1-c1ccccc1. The molecule has 0 aliphatic heterocycles. The van der Waals surface area contributed by atoms with E-state index in [1.54, 1.807) is 6.92 Å². The molecule has 0 atom stereocenters. The number of hydrogen-bond donors (Lipinski definition) is 0. The number of hydrogen-bond acceptors (Lipinski definition) is 4. The van der Waals surface area contributed by atoms with Crippen molar-refractivity contribution in [2.24, 2.45) is 0 Å². The van der Waals surface area contributed by atoms with Crippen LogP contribution in [0.2, 0.25) is 0 Å². The molecular weight excluding hydrogens is 290 g/mol. The molecule has 3 aromatic rings. The van der Waals surface area contributed by atoms with Crippen molar-refractivity contribution in [1.29, 1.82) is 0 Å². The Labute approximate surface area is 134 Å². The van der Waals surface area contributed by atoms with E-state index in [9.17, 15) is 4.79 Å². The van der Waals surface area contributed by atoms with E-state index in [0.717, 1.165) is 16.8 Å². The van der Waals surface area contributed by atoms with Gasteiger partial charge in [0, 0.05) is 5.56 Å². The van der Waals surface area contributed by atoms with Gasteiger partial charge in [-0.05, 0) is 26.0 Å². The van der Waals surface area contributed by atoms with Gasteiger partial charge in [0.2, 0.25) is 0 Å². The molecule has 1 heterocycles. The van der Waals surface area contributed by atoms with E-state index < -0.39 is 5.97 Å². The van der Waals surface area contributed by atoms with Crippen LogP contribution < -0.4 is 0 Å². The number of benzene rings is 2. The fourth-order valence-electron chi connectivity index (χ4n) is 2.23. The van der Waals surface area contributed by atoms with Gasteiger partial charge in [0.05, 0.1) is 12.3 Å². The second-order valence-electron chi connectivity index (χ2n) is 5.11. The second kappa shape index (κ2) is 6.44. The average Bonchev–Trinajstić information content (AvgIpc) is 3.02. The smallest absolute Gasteiger partial charge is 0.361 e. The molecule has 0 amide bonds. The van der Waals surface area contributed by atoms with E-state index in [2.05, 4.69) is 10.2 Å². The number of ether oxygens (including phenoxy) is 1.